The standard InChI is InChI=1S/C13H17NO2/c1-9-3-6-12(7-10(9)2)13(15)14-16-8-11-4-5-11/h3,6-7,11H,4-5,8H2,1-2H3,(H,14,15). The highest BCUT2D eigenvalue weighted by Gasteiger charge is 2.21. The highest BCUT2D eigenvalue weighted by atomic mass is 16.7. The zero-order valence-corrected chi connectivity index (χ0v) is 9.75. The Morgan fingerprint density at radius 1 is 1.38 bits per heavy atom. The van der Waals surface area contributed by atoms with E-state index in [4.69, 9.17) is 4.84 Å². The lowest BCUT2D eigenvalue weighted by molar-refractivity contribution is 0.0270. The topological polar surface area (TPSA) is 38.3 Å². The minimum atomic E-state index is -0.163. The van der Waals surface area contributed by atoms with Crippen LogP contribution in [0.4, 0.5) is 0 Å². The second-order valence-corrected chi connectivity index (χ2v) is 4.48. The Morgan fingerprint density at radius 2 is 2.12 bits per heavy atom. The van der Waals surface area contributed by atoms with E-state index in [9.17, 15) is 4.79 Å². The molecule has 0 aliphatic heterocycles. The van der Waals surface area contributed by atoms with Gasteiger partial charge in [-0.3, -0.25) is 9.63 Å². The van der Waals surface area contributed by atoms with Crippen molar-refractivity contribution >= 4 is 5.91 Å². The van der Waals surface area contributed by atoms with Crippen molar-refractivity contribution in [1.82, 2.24) is 5.48 Å². The van der Waals surface area contributed by atoms with Gasteiger partial charge in [0.05, 0.1) is 6.61 Å². The van der Waals surface area contributed by atoms with Crippen LogP contribution in [-0.4, -0.2) is 12.5 Å². The molecule has 0 bridgehead atoms. The maximum atomic E-state index is 11.7. The fourth-order valence-corrected chi connectivity index (χ4v) is 1.45. The van der Waals surface area contributed by atoms with Gasteiger partial charge in [0.2, 0.25) is 0 Å². The molecule has 0 radical (unpaired) electrons. The number of aryl methyl sites for hydroxylation is 2. The van der Waals surface area contributed by atoms with Crippen LogP contribution < -0.4 is 5.48 Å². The summed E-state index contributed by atoms with van der Waals surface area (Å²) in [7, 11) is 0. The molecule has 1 saturated carbocycles. The van der Waals surface area contributed by atoms with Gasteiger partial charge in [0.15, 0.2) is 0 Å². The van der Waals surface area contributed by atoms with Gasteiger partial charge < -0.3 is 0 Å². The fourth-order valence-electron chi connectivity index (χ4n) is 1.45. The molecule has 0 aromatic heterocycles. The lowest BCUT2D eigenvalue weighted by Gasteiger charge is -2.06. The van der Waals surface area contributed by atoms with Gasteiger partial charge >= 0.3 is 0 Å². The van der Waals surface area contributed by atoms with Gasteiger partial charge in [-0.1, -0.05) is 6.07 Å². The normalized spacial score (nSPS) is 14.9. The lowest BCUT2D eigenvalue weighted by Crippen LogP contribution is -2.24. The largest absolute Gasteiger partial charge is 0.274 e. The summed E-state index contributed by atoms with van der Waals surface area (Å²) in [5.74, 6) is 0.490. The molecule has 3 heteroatoms. The number of carbonyl (C=O) groups excluding carboxylic acids is 1. The summed E-state index contributed by atoms with van der Waals surface area (Å²) in [6.07, 6.45) is 2.44. The molecule has 1 aliphatic carbocycles. The maximum absolute atomic E-state index is 11.7. The number of hydrogen-bond donors (Lipinski definition) is 1. The average Bonchev–Trinajstić information content (AvgIpc) is 3.06. The molecule has 0 saturated heterocycles. The number of rotatable bonds is 4. The van der Waals surface area contributed by atoms with Crippen molar-refractivity contribution in [3.63, 3.8) is 0 Å². The van der Waals surface area contributed by atoms with Crippen LogP contribution in [0, 0.1) is 19.8 Å². The number of nitrogens with one attached hydrogen (secondary N) is 1. The molecule has 0 heterocycles. The fraction of sp³-hybridized carbons (Fsp3) is 0.462. The highest BCUT2D eigenvalue weighted by molar-refractivity contribution is 5.93. The number of carbonyl (C=O) groups is 1. The van der Waals surface area contributed by atoms with Crippen LogP contribution >= 0.6 is 0 Å². The van der Waals surface area contributed by atoms with E-state index in [2.05, 4.69) is 5.48 Å². The van der Waals surface area contributed by atoms with Crippen LogP contribution in [-0.2, 0) is 4.84 Å². The third kappa shape index (κ3) is 2.83. The van der Waals surface area contributed by atoms with Crippen LogP contribution in [0.3, 0.4) is 0 Å². The van der Waals surface area contributed by atoms with E-state index < -0.39 is 0 Å². The average molecular weight is 219 g/mol. The predicted octanol–water partition coefficient (Wildman–Crippen LogP) is 2.37. The minimum absolute atomic E-state index is 0.163. The van der Waals surface area contributed by atoms with Crippen molar-refractivity contribution in [2.45, 2.75) is 26.7 Å². The second kappa shape index (κ2) is 4.66. The first-order valence-electron chi connectivity index (χ1n) is 5.66. The third-order valence-electron chi connectivity index (χ3n) is 2.95. The number of benzene rings is 1. The number of hydrogen-bond acceptors (Lipinski definition) is 2. The van der Waals surface area contributed by atoms with Gasteiger partial charge in [-0.25, -0.2) is 5.48 Å². The van der Waals surface area contributed by atoms with Gasteiger partial charge in [0.25, 0.3) is 5.91 Å². The Balaban J connectivity index is 1.88. The van der Waals surface area contributed by atoms with E-state index in [1.165, 1.54) is 18.4 Å². The Labute approximate surface area is 95.8 Å². The molecule has 1 aliphatic rings. The molecule has 0 atom stereocenters. The molecule has 1 N–H and O–H groups in total. The van der Waals surface area contributed by atoms with Crippen molar-refractivity contribution in [1.29, 1.82) is 0 Å². The SMILES string of the molecule is Cc1ccc(C(=O)NOCC2CC2)cc1C. The Kier molecular flexibility index (Phi) is 3.25. The first-order chi connectivity index (χ1) is 7.66. The summed E-state index contributed by atoms with van der Waals surface area (Å²) in [5, 5.41) is 0. The third-order valence-corrected chi connectivity index (χ3v) is 2.95. The molecule has 2 rings (SSSR count). The zero-order valence-electron chi connectivity index (χ0n) is 9.75. The second-order valence-electron chi connectivity index (χ2n) is 4.48. The predicted molar refractivity (Wildman–Crippen MR) is 62.1 cm³/mol. The zero-order chi connectivity index (χ0) is 11.5. The molecule has 1 aromatic carbocycles. The van der Waals surface area contributed by atoms with Crippen LogP contribution in [0.2, 0.25) is 0 Å². The molecule has 0 spiro atoms. The lowest BCUT2D eigenvalue weighted by atomic mass is 10.1. The molecule has 86 valence electrons. The van der Waals surface area contributed by atoms with Gasteiger partial charge in [0, 0.05) is 5.56 Å². The van der Waals surface area contributed by atoms with Crippen LogP contribution in [0.1, 0.15) is 34.3 Å². The van der Waals surface area contributed by atoms with Crippen molar-refractivity contribution < 1.29 is 9.63 Å². The summed E-state index contributed by atoms with van der Waals surface area (Å²) in [5.41, 5.74) is 5.44. The molecule has 1 aromatic rings. The molecular weight excluding hydrogens is 202 g/mol. The summed E-state index contributed by atoms with van der Waals surface area (Å²) in [6, 6.07) is 5.65. The smallest absolute Gasteiger partial charge is 0.273 e. The summed E-state index contributed by atoms with van der Waals surface area (Å²) in [6.45, 7) is 4.66. The monoisotopic (exact) mass is 219 g/mol. The maximum Gasteiger partial charge on any atom is 0.274 e. The van der Waals surface area contributed by atoms with Gasteiger partial charge in [0.1, 0.15) is 0 Å². The van der Waals surface area contributed by atoms with E-state index in [1.807, 2.05) is 32.0 Å². The molecule has 16 heavy (non-hydrogen) atoms. The van der Waals surface area contributed by atoms with Crippen molar-refractivity contribution in [3.8, 4) is 0 Å². The van der Waals surface area contributed by atoms with Crippen molar-refractivity contribution in [3.05, 3.63) is 34.9 Å². The minimum Gasteiger partial charge on any atom is -0.273 e. The van der Waals surface area contributed by atoms with E-state index in [1.54, 1.807) is 0 Å². The van der Waals surface area contributed by atoms with Crippen LogP contribution in [0.5, 0.6) is 0 Å². The van der Waals surface area contributed by atoms with Gasteiger partial charge in [-0.05, 0) is 55.9 Å². The molecule has 1 amide bonds. The van der Waals surface area contributed by atoms with E-state index in [0.29, 0.717) is 18.1 Å². The molecule has 1 fully saturated rings. The Hall–Kier alpha value is -1.35. The first kappa shape index (κ1) is 11.1. The number of hydroxylamine groups is 1. The first-order valence-corrected chi connectivity index (χ1v) is 5.66. The van der Waals surface area contributed by atoms with Crippen LogP contribution in [0.25, 0.3) is 0 Å². The van der Waals surface area contributed by atoms with E-state index in [0.717, 1.165) is 5.56 Å². The Bertz CT molecular complexity index is 397. The summed E-state index contributed by atoms with van der Waals surface area (Å²) in [4.78, 5) is 16.8. The Morgan fingerprint density at radius 3 is 2.75 bits per heavy atom. The number of amides is 1. The van der Waals surface area contributed by atoms with E-state index >= 15 is 0 Å². The van der Waals surface area contributed by atoms with Crippen LogP contribution in [0.15, 0.2) is 18.2 Å². The van der Waals surface area contributed by atoms with Crippen molar-refractivity contribution in [2.75, 3.05) is 6.61 Å². The molecule has 0 unspecified atom stereocenters. The van der Waals surface area contributed by atoms with E-state index in [-0.39, 0.29) is 5.91 Å². The van der Waals surface area contributed by atoms with Gasteiger partial charge in [-0.15, -0.1) is 0 Å². The van der Waals surface area contributed by atoms with Crippen molar-refractivity contribution in [2.24, 2.45) is 5.92 Å². The molecular formula is C13H17NO2. The quantitative estimate of drug-likeness (QED) is 0.789. The highest BCUT2D eigenvalue weighted by Crippen LogP contribution is 2.28. The summed E-state index contributed by atoms with van der Waals surface area (Å²) >= 11 is 0. The van der Waals surface area contributed by atoms with Gasteiger partial charge in [-0.2, -0.15) is 0 Å². The summed E-state index contributed by atoms with van der Waals surface area (Å²) < 4.78 is 0. The molecule has 3 nitrogen and oxygen atoms in total.